The molecule has 3 rings (SSSR count). The van der Waals surface area contributed by atoms with Crippen molar-refractivity contribution in [2.45, 2.75) is 13.0 Å². The van der Waals surface area contributed by atoms with E-state index >= 15 is 0 Å². The molecule has 120 valence electrons. The van der Waals surface area contributed by atoms with E-state index in [1.807, 2.05) is 19.1 Å². The number of fused-ring (bicyclic) bond motifs is 1. The molecule has 8 heteroatoms. The summed E-state index contributed by atoms with van der Waals surface area (Å²) in [5, 5.41) is 16.1. The molecule has 8 nitrogen and oxygen atoms in total. The second kappa shape index (κ2) is 5.99. The third kappa shape index (κ3) is 2.70. The summed E-state index contributed by atoms with van der Waals surface area (Å²) < 4.78 is 12.5. The third-order valence-corrected chi connectivity index (χ3v) is 3.47. The quantitative estimate of drug-likeness (QED) is 0.865. The van der Waals surface area contributed by atoms with Crippen LogP contribution in [0.3, 0.4) is 0 Å². The van der Waals surface area contributed by atoms with Crippen LogP contribution in [0, 0.1) is 0 Å². The van der Waals surface area contributed by atoms with Crippen LogP contribution in [0.4, 0.5) is 5.95 Å². The van der Waals surface area contributed by atoms with Crippen molar-refractivity contribution in [2.24, 2.45) is 0 Å². The second-order valence-electron chi connectivity index (χ2n) is 4.83. The zero-order valence-corrected chi connectivity index (χ0v) is 12.7. The van der Waals surface area contributed by atoms with Crippen molar-refractivity contribution < 1.29 is 19.4 Å². The molecule has 1 aromatic heterocycles. The number of rotatable bonds is 5. The first-order chi connectivity index (χ1) is 11.1. The zero-order chi connectivity index (χ0) is 16.4. The Labute approximate surface area is 132 Å². The van der Waals surface area contributed by atoms with Crippen LogP contribution < -0.4 is 14.8 Å². The van der Waals surface area contributed by atoms with E-state index in [1.54, 1.807) is 23.9 Å². The maximum absolute atomic E-state index is 11.3. The fraction of sp³-hybridized carbons (Fsp3) is 0.267. The molecule has 2 aromatic rings. The predicted molar refractivity (Wildman–Crippen MR) is 81.7 cm³/mol. The molecule has 2 heterocycles. The van der Waals surface area contributed by atoms with Gasteiger partial charge in [0.25, 0.3) is 0 Å². The number of benzene rings is 1. The van der Waals surface area contributed by atoms with Gasteiger partial charge in [0.05, 0.1) is 13.7 Å². The van der Waals surface area contributed by atoms with Gasteiger partial charge in [-0.05, 0) is 30.7 Å². The molecule has 1 aliphatic heterocycles. The summed E-state index contributed by atoms with van der Waals surface area (Å²) in [5.41, 5.74) is 0.876. The summed E-state index contributed by atoms with van der Waals surface area (Å²) in [6.07, 6.45) is 2.96. The Morgan fingerprint density at radius 1 is 1.43 bits per heavy atom. The molecular weight excluding hydrogens is 300 g/mol. The number of ether oxygens (including phenoxy) is 2. The van der Waals surface area contributed by atoms with E-state index in [1.165, 1.54) is 6.33 Å². The fourth-order valence-electron chi connectivity index (χ4n) is 2.44. The van der Waals surface area contributed by atoms with Gasteiger partial charge in [-0.1, -0.05) is 6.07 Å². The summed E-state index contributed by atoms with van der Waals surface area (Å²) in [6, 6.07) is 5.06. The number of aliphatic carboxylic acids is 1. The minimum Gasteiger partial charge on any atom is -0.493 e. The van der Waals surface area contributed by atoms with Crippen molar-refractivity contribution in [3.8, 4) is 11.5 Å². The highest BCUT2D eigenvalue weighted by molar-refractivity contribution is 5.90. The van der Waals surface area contributed by atoms with Crippen LogP contribution in [0.1, 0.15) is 18.5 Å². The minimum absolute atomic E-state index is 0.0587. The van der Waals surface area contributed by atoms with Gasteiger partial charge in [0.2, 0.25) is 5.95 Å². The average molecular weight is 316 g/mol. The number of nitrogens with zero attached hydrogens (tertiary/aromatic N) is 3. The van der Waals surface area contributed by atoms with E-state index in [4.69, 9.17) is 9.47 Å². The number of carbonyl (C=O) groups is 1. The van der Waals surface area contributed by atoms with Gasteiger partial charge in [-0.3, -0.25) is 0 Å². The number of hydrogen-bond acceptors (Lipinski definition) is 6. The van der Waals surface area contributed by atoms with Gasteiger partial charge >= 0.3 is 5.97 Å². The Kier molecular flexibility index (Phi) is 3.88. The molecule has 1 atom stereocenters. The number of hydrogen-bond donors (Lipinski definition) is 2. The number of carboxylic acids is 1. The highest BCUT2D eigenvalue weighted by Gasteiger charge is 2.26. The first-order valence-electron chi connectivity index (χ1n) is 7.06. The monoisotopic (exact) mass is 316 g/mol. The first-order valence-corrected chi connectivity index (χ1v) is 7.06. The normalized spacial score (nSPS) is 16.1. The zero-order valence-electron chi connectivity index (χ0n) is 12.7. The van der Waals surface area contributed by atoms with Crippen LogP contribution in [0.15, 0.2) is 36.3 Å². The molecule has 0 unspecified atom stereocenters. The molecule has 0 radical (unpaired) electrons. The van der Waals surface area contributed by atoms with E-state index in [-0.39, 0.29) is 5.70 Å². The van der Waals surface area contributed by atoms with Gasteiger partial charge in [-0.2, -0.15) is 10.1 Å². The molecular formula is C15H16N4O4. The van der Waals surface area contributed by atoms with Gasteiger partial charge in [0.1, 0.15) is 18.1 Å². The van der Waals surface area contributed by atoms with Crippen molar-refractivity contribution in [1.29, 1.82) is 0 Å². The van der Waals surface area contributed by atoms with E-state index in [0.717, 1.165) is 5.56 Å². The Balaban J connectivity index is 2.05. The predicted octanol–water partition coefficient (Wildman–Crippen LogP) is 1.67. The van der Waals surface area contributed by atoms with Gasteiger partial charge in [0.15, 0.2) is 11.5 Å². The lowest BCUT2D eigenvalue weighted by molar-refractivity contribution is -0.132. The van der Waals surface area contributed by atoms with Crippen molar-refractivity contribution in [3.63, 3.8) is 0 Å². The van der Waals surface area contributed by atoms with Crippen LogP contribution in [0.25, 0.3) is 0 Å². The summed E-state index contributed by atoms with van der Waals surface area (Å²) >= 11 is 0. The molecule has 0 saturated heterocycles. The molecule has 1 aromatic carbocycles. The van der Waals surface area contributed by atoms with Gasteiger partial charge in [-0.15, -0.1) is 0 Å². The number of carboxylic acid groups (broad SMARTS) is 1. The van der Waals surface area contributed by atoms with Crippen LogP contribution in [-0.4, -0.2) is 39.6 Å². The fourth-order valence-corrected chi connectivity index (χ4v) is 2.44. The van der Waals surface area contributed by atoms with Crippen molar-refractivity contribution in [2.75, 3.05) is 19.0 Å². The number of aromatic nitrogens is 3. The largest absolute Gasteiger partial charge is 0.493 e. The first kappa shape index (κ1) is 14.9. The number of methoxy groups -OCH3 is 1. The summed E-state index contributed by atoms with van der Waals surface area (Å²) in [6.45, 7) is 2.42. The minimum atomic E-state index is -1.05. The van der Waals surface area contributed by atoms with E-state index in [2.05, 4.69) is 15.4 Å². The highest BCUT2D eigenvalue weighted by atomic mass is 16.5. The van der Waals surface area contributed by atoms with E-state index in [0.29, 0.717) is 24.1 Å². The Morgan fingerprint density at radius 3 is 2.96 bits per heavy atom. The molecule has 0 bridgehead atoms. The molecule has 0 saturated carbocycles. The highest BCUT2D eigenvalue weighted by Crippen LogP contribution is 2.34. The van der Waals surface area contributed by atoms with Crippen LogP contribution in [-0.2, 0) is 4.79 Å². The average Bonchev–Trinajstić information content (AvgIpc) is 3.03. The summed E-state index contributed by atoms with van der Waals surface area (Å²) in [7, 11) is 1.56. The molecule has 0 amide bonds. The van der Waals surface area contributed by atoms with E-state index in [9.17, 15) is 9.90 Å². The lowest BCUT2D eigenvalue weighted by atomic mass is 10.0. The van der Waals surface area contributed by atoms with Crippen molar-refractivity contribution in [1.82, 2.24) is 14.8 Å². The molecule has 0 spiro atoms. The summed E-state index contributed by atoms with van der Waals surface area (Å²) in [4.78, 5) is 15.3. The second-order valence-corrected chi connectivity index (χ2v) is 4.83. The molecule has 2 N–H and O–H groups in total. The Morgan fingerprint density at radius 2 is 2.26 bits per heavy atom. The standard InChI is InChI=1S/C15H16N4O4/c1-3-23-12-5-4-9(6-13(12)22-2)11-7-10(14(20)21)18-15-16-8-17-19(11)15/h4-8,11H,3H2,1-2H3,(H,20,21)(H,16,17,18)/t11-/m0/s1. The van der Waals surface area contributed by atoms with Gasteiger partial charge in [0, 0.05) is 0 Å². The summed E-state index contributed by atoms with van der Waals surface area (Å²) in [5.74, 6) is 0.536. The lowest BCUT2D eigenvalue weighted by Gasteiger charge is -2.23. The molecule has 23 heavy (non-hydrogen) atoms. The van der Waals surface area contributed by atoms with Crippen LogP contribution in [0.2, 0.25) is 0 Å². The van der Waals surface area contributed by atoms with Crippen LogP contribution in [0.5, 0.6) is 11.5 Å². The number of anilines is 1. The molecule has 0 aliphatic carbocycles. The van der Waals surface area contributed by atoms with Crippen molar-refractivity contribution >= 4 is 11.9 Å². The SMILES string of the molecule is CCOc1ccc([C@@H]2C=C(C(=O)O)Nc3ncnn32)cc1OC. The Hall–Kier alpha value is -3.03. The smallest absolute Gasteiger partial charge is 0.352 e. The number of allylic oxidation sites excluding steroid dienone is 1. The molecule has 1 aliphatic rings. The van der Waals surface area contributed by atoms with Crippen molar-refractivity contribution in [3.05, 3.63) is 41.9 Å². The van der Waals surface area contributed by atoms with Crippen LogP contribution >= 0.6 is 0 Å². The maximum Gasteiger partial charge on any atom is 0.352 e. The van der Waals surface area contributed by atoms with Gasteiger partial charge < -0.3 is 19.9 Å². The van der Waals surface area contributed by atoms with E-state index < -0.39 is 12.0 Å². The Bertz CT molecular complexity index is 769. The molecule has 0 fully saturated rings. The van der Waals surface area contributed by atoms with Gasteiger partial charge in [-0.25, -0.2) is 9.48 Å². The lowest BCUT2D eigenvalue weighted by Crippen LogP contribution is -2.24. The number of nitrogens with one attached hydrogen (secondary N) is 1. The maximum atomic E-state index is 11.3. The topological polar surface area (TPSA) is 98.5 Å². The third-order valence-electron chi connectivity index (χ3n) is 3.47.